The Morgan fingerprint density at radius 3 is 2.48 bits per heavy atom. The molecule has 0 bridgehead atoms. The predicted molar refractivity (Wildman–Crippen MR) is 76.5 cm³/mol. The van der Waals surface area contributed by atoms with Gasteiger partial charge in [0, 0.05) is 19.6 Å². The number of hydrogen-bond acceptors (Lipinski definition) is 3. The maximum atomic E-state index is 12.8. The summed E-state index contributed by atoms with van der Waals surface area (Å²) in [5.41, 5.74) is 0.805. The molecule has 1 unspecified atom stereocenters. The van der Waals surface area contributed by atoms with Crippen LogP contribution in [0.3, 0.4) is 0 Å². The molecule has 1 rings (SSSR count). The first-order valence-electron chi connectivity index (χ1n) is 6.40. The number of benzene rings is 1. The molecule has 0 spiro atoms. The minimum absolute atomic E-state index is 0.103. The van der Waals surface area contributed by atoms with E-state index in [0.717, 1.165) is 9.87 Å². The van der Waals surface area contributed by atoms with Crippen LogP contribution in [-0.4, -0.2) is 43.4 Å². The van der Waals surface area contributed by atoms with Gasteiger partial charge in [0.25, 0.3) is 10.2 Å². The Morgan fingerprint density at radius 2 is 1.95 bits per heavy atom. The summed E-state index contributed by atoms with van der Waals surface area (Å²) in [5, 5.41) is 8.55. The van der Waals surface area contributed by atoms with Crippen molar-refractivity contribution in [2.45, 2.75) is 25.8 Å². The zero-order valence-electron chi connectivity index (χ0n) is 11.9. The van der Waals surface area contributed by atoms with Crippen LogP contribution in [0.15, 0.2) is 24.3 Å². The minimum Gasteiger partial charge on any atom is -0.481 e. The van der Waals surface area contributed by atoms with Crippen LogP contribution in [0.4, 0.5) is 4.39 Å². The summed E-state index contributed by atoms with van der Waals surface area (Å²) in [6.45, 7) is 1.58. The van der Waals surface area contributed by atoms with E-state index in [4.69, 9.17) is 5.11 Å². The van der Waals surface area contributed by atoms with E-state index >= 15 is 0 Å². The lowest BCUT2D eigenvalue weighted by atomic mass is 10.1. The zero-order valence-corrected chi connectivity index (χ0v) is 12.7. The molecule has 0 aliphatic heterocycles. The van der Waals surface area contributed by atoms with Crippen molar-refractivity contribution in [3.05, 3.63) is 35.6 Å². The standard InChI is InChI=1S/C13H19FN2O4S/c1-10(9-11-3-5-12(14)6-4-11)15-21(19,20)16(2)8-7-13(17)18/h3-6,10,15H,7-9H2,1-2H3,(H,17,18). The fraction of sp³-hybridized carbons (Fsp3) is 0.462. The number of hydrogen-bond donors (Lipinski definition) is 2. The van der Waals surface area contributed by atoms with Crippen LogP contribution in [-0.2, 0) is 21.4 Å². The first-order valence-corrected chi connectivity index (χ1v) is 7.84. The molecule has 2 N–H and O–H groups in total. The van der Waals surface area contributed by atoms with Gasteiger partial charge in [-0.1, -0.05) is 12.1 Å². The van der Waals surface area contributed by atoms with Crippen molar-refractivity contribution in [1.82, 2.24) is 9.03 Å². The van der Waals surface area contributed by atoms with E-state index in [1.54, 1.807) is 19.1 Å². The molecule has 1 aromatic carbocycles. The molecule has 118 valence electrons. The molecular formula is C13H19FN2O4S. The largest absolute Gasteiger partial charge is 0.481 e. The third-order valence-corrected chi connectivity index (χ3v) is 4.56. The van der Waals surface area contributed by atoms with Gasteiger partial charge in [0.1, 0.15) is 5.82 Å². The molecule has 1 atom stereocenters. The lowest BCUT2D eigenvalue weighted by molar-refractivity contribution is -0.137. The number of nitrogens with one attached hydrogen (secondary N) is 1. The van der Waals surface area contributed by atoms with Crippen LogP contribution in [0.2, 0.25) is 0 Å². The molecule has 8 heteroatoms. The predicted octanol–water partition coefficient (Wildman–Crippen LogP) is 0.998. The van der Waals surface area contributed by atoms with Crippen LogP contribution in [0, 0.1) is 5.82 Å². The topological polar surface area (TPSA) is 86.7 Å². The Hall–Kier alpha value is -1.51. The summed E-state index contributed by atoms with van der Waals surface area (Å²) < 4.78 is 40.1. The van der Waals surface area contributed by atoms with E-state index in [1.807, 2.05) is 0 Å². The number of carboxylic acid groups (broad SMARTS) is 1. The van der Waals surface area contributed by atoms with Crippen molar-refractivity contribution in [2.75, 3.05) is 13.6 Å². The Bertz CT molecular complexity index is 574. The van der Waals surface area contributed by atoms with E-state index in [9.17, 15) is 17.6 Å². The average Bonchev–Trinajstić information content (AvgIpc) is 2.37. The number of nitrogens with zero attached hydrogens (tertiary/aromatic N) is 1. The molecule has 0 aliphatic carbocycles. The smallest absolute Gasteiger partial charge is 0.304 e. The van der Waals surface area contributed by atoms with Crippen molar-refractivity contribution in [3.8, 4) is 0 Å². The van der Waals surface area contributed by atoms with Crippen molar-refractivity contribution in [3.63, 3.8) is 0 Å². The number of aliphatic carboxylic acids is 1. The summed E-state index contributed by atoms with van der Waals surface area (Å²) in [6, 6.07) is 5.42. The molecule has 21 heavy (non-hydrogen) atoms. The molecule has 0 aromatic heterocycles. The highest BCUT2D eigenvalue weighted by atomic mass is 32.2. The second kappa shape index (κ2) is 7.48. The summed E-state index contributed by atoms with van der Waals surface area (Å²) in [5.74, 6) is -1.41. The Kier molecular flexibility index (Phi) is 6.25. The van der Waals surface area contributed by atoms with E-state index in [-0.39, 0.29) is 18.8 Å². The summed E-state index contributed by atoms with van der Waals surface area (Å²) >= 11 is 0. The maximum Gasteiger partial charge on any atom is 0.304 e. The molecule has 0 fully saturated rings. The maximum absolute atomic E-state index is 12.8. The van der Waals surface area contributed by atoms with Gasteiger partial charge in [0.15, 0.2) is 0 Å². The third kappa shape index (κ3) is 6.19. The quantitative estimate of drug-likeness (QED) is 0.748. The lowest BCUT2D eigenvalue weighted by Gasteiger charge is -2.20. The lowest BCUT2D eigenvalue weighted by Crippen LogP contribution is -2.44. The minimum atomic E-state index is -3.74. The summed E-state index contributed by atoms with van der Waals surface area (Å²) in [7, 11) is -2.42. The van der Waals surface area contributed by atoms with Crippen LogP contribution >= 0.6 is 0 Å². The van der Waals surface area contributed by atoms with Gasteiger partial charge in [0.05, 0.1) is 6.42 Å². The zero-order chi connectivity index (χ0) is 16.0. The summed E-state index contributed by atoms with van der Waals surface area (Å²) in [6.07, 6.45) is 0.149. The Morgan fingerprint density at radius 1 is 1.38 bits per heavy atom. The van der Waals surface area contributed by atoms with Gasteiger partial charge in [-0.15, -0.1) is 0 Å². The second-order valence-electron chi connectivity index (χ2n) is 4.82. The number of halogens is 1. The summed E-state index contributed by atoms with van der Waals surface area (Å²) in [4.78, 5) is 10.4. The molecule has 0 aliphatic rings. The normalized spacial score (nSPS) is 13.3. The van der Waals surface area contributed by atoms with Gasteiger partial charge in [0.2, 0.25) is 0 Å². The van der Waals surface area contributed by atoms with Gasteiger partial charge in [-0.25, -0.2) is 4.39 Å². The van der Waals surface area contributed by atoms with E-state index in [2.05, 4.69) is 4.72 Å². The SMILES string of the molecule is CC(Cc1ccc(F)cc1)NS(=O)(=O)N(C)CCC(=O)O. The molecule has 6 nitrogen and oxygen atoms in total. The average molecular weight is 318 g/mol. The Balaban J connectivity index is 2.57. The van der Waals surface area contributed by atoms with Crippen LogP contribution in [0.1, 0.15) is 18.9 Å². The first-order chi connectivity index (χ1) is 9.70. The van der Waals surface area contributed by atoms with Gasteiger partial charge in [-0.2, -0.15) is 17.4 Å². The van der Waals surface area contributed by atoms with Crippen LogP contribution in [0.5, 0.6) is 0 Å². The molecule has 0 saturated carbocycles. The third-order valence-electron chi connectivity index (χ3n) is 2.86. The van der Waals surface area contributed by atoms with Crippen molar-refractivity contribution in [1.29, 1.82) is 0 Å². The number of carboxylic acids is 1. The first kappa shape index (κ1) is 17.5. The second-order valence-corrected chi connectivity index (χ2v) is 6.63. The molecular weight excluding hydrogens is 299 g/mol. The van der Waals surface area contributed by atoms with Gasteiger partial charge < -0.3 is 5.11 Å². The number of rotatable bonds is 8. The fourth-order valence-corrected chi connectivity index (χ4v) is 2.84. The van der Waals surface area contributed by atoms with Crippen molar-refractivity contribution >= 4 is 16.2 Å². The fourth-order valence-electron chi connectivity index (χ4n) is 1.73. The van der Waals surface area contributed by atoms with E-state index in [0.29, 0.717) is 6.42 Å². The van der Waals surface area contributed by atoms with Crippen molar-refractivity contribution < 1.29 is 22.7 Å². The monoisotopic (exact) mass is 318 g/mol. The Labute approximate surface area is 123 Å². The molecule has 0 amide bonds. The van der Waals surface area contributed by atoms with E-state index in [1.165, 1.54) is 19.2 Å². The molecule has 0 radical (unpaired) electrons. The molecule has 0 saturated heterocycles. The van der Waals surface area contributed by atoms with Crippen LogP contribution in [0.25, 0.3) is 0 Å². The number of carbonyl (C=O) groups is 1. The van der Waals surface area contributed by atoms with Crippen LogP contribution < -0.4 is 4.72 Å². The highest BCUT2D eigenvalue weighted by molar-refractivity contribution is 7.87. The highest BCUT2D eigenvalue weighted by Gasteiger charge is 2.20. The van der Waals surface area contributed by atoms with Gasteiger partial charge >= 0.3 is 5.97 Å². The van der Waals surface area contributed by atoms with E-state index < -0.39 is 22.2 Å². The molecule has 0 heterocycles. The van der Waals surface area contributed by atoms with Crippen molar-refractivity contribution in [2.24, 2.45) is 0 Å². The van der Waals surface area contributed by atoms with Gasteiger partial charge in [-0.05, 0) is 31.0 Å². The van der Waals surface area contributed by atoms with Gasteiger partial charge in [-0.3, -0.25) is 4.79 Å². The molecule has 1 aromatic rings. The highest BCUT2D eigenvalue weighted by Crippen LogP contribution is 2.07.